The molecule has 0 heterocycles. The Bertz CT molecular complexity index is 620. The first-order valence-corrected chi connectivity index (χ1v) is 10.8. The molecular formula is C22H26O2Pt. The summed E-state index contributed by atoms with van der Waals surface area (Å²) < 4.78 is 13.3. The molecule has 1 aliphatic carbocycles. The Morgan fingerprint density at radius 1 is 0.600 bits per heavy atom. The molecule has 0 aliphatic heterocycles. The van der Waals surface area contributed by atoms with Gasteiger partial charge in [0.1, 0.15) is 0 Å². The molecule has 2 nitrogen and oxygen atoms in total. The number of benzene rings is 2. The van der Waals surface area contributed by atoms with Crippen molar-refractivity contribution < 1.29 is 28.0 Å². The summed E-state index contributed by atoms with van der Waals surface area (Å²) in [5.74, 6) is 1.93. The quantitative estimate of drug-likeness (QED) is 0.560. The molecule has 25 heavy (non-hydrogen) atoms. The topological polar surface area (TPSA) is 18.5 Å². The zero-order chi connectivity index (χ0) is 17.7. The van der Waals surface area contributed by atoms with Gasteiger partial charge in [-0.05, 0) is 25.7 Å². The van der Waals surface area contributed by atoms with E-state index in [9.17, 15) is 0 Å². The summed E-state index contributed by atoms with van der Waals surface area (Å²) in [6.45, 7) is 0. The first-order chi connectivity index (χ1) is 12.3. The van der Waals surface area contributed by atoms with Crippen molar-refractivity contribution in [2.45, 2.75) is 25.7 Å². The van der Waals surface area contributed by atoms with Crippen LogP contribution in [0.3, 0.4) is 0 Å². The van der Waals surface area contributed by atoms with Crippen molar-refractivity contribution >= 4 is 7.91 Å². The molecule has 0 atom stereocenters. The molecule has 0 fully saturated rings. The summed E-state index contributed by atoms with van der Waals surface area (Å²) in [5.41, 5.74) is 0. The van der Waals surface area contributed by atoms with Gasteiger partial charge in [0.25, 0.3) is 0 Å². The van der Waals surface area contributed by atoms with E-state index in [-0.39, 0.29) is 18.6 Å². The van der Waals surface area contributed by atoms with Gasteiger partial charge in [-0.2, -0.15) is 0 Å². The van der Waals surface area contributed by atoms with Gasteiger partial charge in [-0.25, -0.2) is 0 Å². The molecule has 0 saturated carbocycles. The fraction of sp³-hybridized carbons (Fsp3) is 0.273. The zero-order valence-corrected chi connectivity index (χ0v) is 17.2. The van der Waals surface area contributed by atoms with Gasteiger partial charge in [-0.15, -0.1) is 0 Å². The van der Waals surface area contributed by atoms with E-state index in [4.69, 9.17) is 9.47 Å². The average molecular weight is 518 g/mol. The summed E-state index contributed by atoms with van der Waals surface area (Å²) in [6, 6.07) is 16.3. The molecule has 3 rings (SSSR count). The van der Waals surface area contributed by atoms with Crippen LogP contribution in [-0.4, -0.2) is 14.2 Å². The molecule has 3 heteroatoms. The minimum absolute atomic E-state index is 0.288. The van der Waals surface area contributed by atoms with Crippen molar-refractivity contribution in [1.29, 1.82) is 0 Å². The summed E-state index contributed by atoms with van der Waals surface area (Å²) in [5, 5.41) is 0. The maximum absolute atomic E-state index is 5.38. The number of rotatable bonds is 4. The average Bonchev–Trinajstić information content (AvgIpc) is 2.62. The molecular weight excluding hydrogens is 491 g/mol. The molecule has 2 aromatic carbocycles. The number of allylic oxidation sites excluding steroid dienone is 4. The monoisotopic (exact) mass is 517 g/mol. The Morgan fingerprint density at radius 3 is 1.32 bits per heavy atom. The van der Waals surface area contributed by atoms with Crippen LogP contribution in [0.2, 0.25) is 0 Å². The Morgan fingerprint density at radius 2 is 0.960 bits per heavy atom. The minimum atomic E-state index is -0.288. The number of hydrogen-bond donors (Lipinski definition) is 0. The van der Waals surface area contributed by atoms with E-state index in [1.165, 1.54) is 33.6 Å². The van der Waals surface area contributed by atoms with Crippen LogP contribution < -0.4 is 17.4 Å². The van der Waals surface area contributed by atoms with Crippen LogP contribution in [0.4, 0.5) is 0 Å². The van der Waals surface area contributed by atoms with Gasteiger partial charge in [0.05, 0.1) is 0 Å². The third-order valence-corrected chi connectivity index (χ3v) is 6.67. The summed E-state index contributed by atoms with van der Waals surface area (Å²) in [7, 11) is 3.43. The number of para-hydroxylation sites is 2. The molecule has 1 aliphatic rings. The summed E-state index contributed by atoms with van der Waals surface area (Å²) >= 11 is -0.288. The van der Waals surface area contributed by atoms with Crippen LogP contribution in [0.5, 0.6) is 11.5 Å². The molecule has 136 valence electrons. The predicted molar refractivity (Wildman–Crippen MR) is 102 cm³/mol. The van der Waals surface area contributed by atoms with E-state index in [1.54, 1.807) is 14.2 Å². The first kappa shape index (κ1) is 19.5. The normalized spacial score (nSPS) is 13.4. The predicted octanol–water partition coefficient (Wildman–Crippen LogP) is 4.41. The number of ether oxygens (including phenoxy) is 2. The van der Waals surface area contributed by atoms with Crippen molar-refractivity contribution in [3.8, 4) is 11.5 Å². The van der Waals surface area contributed by atoms with E-state index in [2.05, 4.69) is 36.4 Å². The molecule has 0 bridgehead atoms. The van der Waals surface area contributed by atoms with Crippen LogP contribution in [0, 0.1) is 0 Å². The Hall–Kier alpha value is -1.79. The molecule has 2 aromatic rings. The van der Waals surface area contributed by atoms with E-state index < -0.39 is 0 Å². The Kier molecular flexibility index (Phi) is 9.15. The standard InChI is InChI=1S/C8H12.2C7H7O.Pt/c1-2-4-6-8-7-5-3-1;2*1-8-7-5-3-2-4-6-7;/h1-2,7-8H,3-6H2;2*2-5H,1H3;. The fourth-order valence-corrected chi connectivity index (χ4v) is 5.14. The molecule has 0 spiro atoms. The Balaban J connectivity index is 0.000000236. The van der Waals surface area contributed by atoms with Gasteiger partial charge in [-0.3, -0.25) is 0 Å². The van der Waals surface area contributed by atoms with Gasteiger partial charge < -0.3 is 0 Å². The molecule has 0 N–H and O–H groups in total. The first-order valence-electron chi connectivity index (χ1n) is 8.50. The third kappa shape index (κ3) is 6.92. The van der Waals surface area contributed by atoms with E-state index in [1.807, 2.05) is 36.4 Å². The van der Waals surface area contributed by atoms with Crippen molar-refractivity contribution in [1.82, 2.24) is 0 Å². The number of hydrogen-bond acceptors (Lipinski definition) is 2. The number of methoxy groups -OCH3 is 2. The van der Waals surface area contributed by atoms with Crippen molar-refractivity contribution in [2.24, 2.45) is 0 Å². The third-order valence-electron chi connectivity index (χ3n) is 3.57. The van der Waals surface area contributed by atoms with Crippen molar-refractivity contribution in [3.63, 3.8) is 0 Å². The fourth-order valence-electron chi connectivity index (χ4n) is 2.26. The van der Waals surface area contributed by atoms with Crippen molar-refractivity contribution in [2.75, 3.05) is 14.2 Å². The second-order valence-corrected chi connectivity index (χ2v) is 8.40. The van der Waals surface area contributed by atoms with Gasteiger partial charge in [0.2, 0.25) is 0 Å². The van der Waals surface area contributed by atoms with Gasteiger partial charge in [0, 0.05) is 0 Å². The Labute approximate surface area is 160 Å². The van der Waals surface area contributed by atoms with Crippen LogP contribution >= 0.6 is 0 Å². The molecule has 0 saturated heterocycles. The zero-order valence-electron chi connectivity index (χ0n) is 14.9. The second-order valence-electron chi connectivity index (χ2n) is 5.38. The van der Waals surface area contributed by atoms with Crippen LogP contribution in [0.15, 0.2) is 72.8 Å². The second kappa shape index (κ2) is 11.7. The molecule has 0 amide bonds. The summed E-state index contributed by atoms with van der Waals surface area (Å²) in [6.07, 6.45) is 14.0. The van der Waals surface area contributed by atoms with E-state index >= 15 is 0 Å². The maximum atomic E-state index is 5.38. The van der Waals surface area contributed by atoms with Gasteiger partial charge >= 0.3 is 110 Å². The SMILES string of the molecule is C1=CCCC=CCC1.COc1cccc[c]1[Pt][c]1ccccc1OC. The van der Waals surface area contributed by atoms with Crippen LogP contribution in [0.25, 0.3) is 0 Å². The molecule has 0 unspecified atom stereocenters. The van der Waals surface area contributed by atoms with Gasteiger partial charge in [0.15, 0.2) is 0 Å². The molecule has 0 aromatic heterocycles. The van der Waals surface area contributed by atoms with Crippen LogP contribution in [0.1, 0.15) is 25.7 Å². The van der Waals surface area contributed by atoms with Crippen LogP contribution in [-0.2, 0) is 18.6 Å². The van der Waals surface area contributed by atoms with Gasteiger partial charge in [-0.1, -0.05) is 24.3 Å². The van der Waals surface area contributed by atoms with Crippen molar-refractivity contribution in [3.05, 3.63) is 72.8 Å². The van der Waals surface area contributed by atoms with E-state index in [0.29, 0.717) is 0 Å². The summed E-state index contributed by atoms with van der Waals surface area (Å²) in [4.78, 5) is 0. The molecule has 0 radical (unpaired) electrons. The van der Waals surface area contributed by atoms with E-state index in [0.717, 1.165) is 11.5 Å².